The maximum absolute atomic E-state index is 12.4. The van der Waals surface area contributed by atoms with E-state index in [1.165, 1.54) is 9.71 Å². The fourth-order valence-corrected chi connectivity index (χ4v) is 5.19. The average Bonchev–Trinajstić information content (AvgIpc) is 3.22. The Bertz CT molecular complexity index is 996. The second-order valence-electron chi connectivity index (χ2n) is 7.87. The summed E-state index contributed by atoms with van der Waals surface area (Å²) in [7, 11) is 0. The lowest BCUT2D eigenvalue weighted by Gasteiger charge is -2.31. The summed E-state index contributed by atoms with van der Waals surface area (Å²) in [6, 6.07) is 15.9. The van der Waals surface area contributed by atoms with E-state index in [0.717, 1.165) is 42.9 Å². The summed E-state index contributed by atoms with van der Waals surface area (Å²) in [5.41, 5.74) is 1.09. The molecule has 1 saturated heterocycles. The van der Waals surface area contributed by atoms with Gasteiger partial charge in [0.1, 0.15) is 12.7 Å². The number of para-hydroxylation sites is 3. The number of nitrogens with one attached hydrogen (secondary N) is 1. The van der Waals surface area contributed by atoms with Crippen molar-refractivity contribution in [3.05, 3.63) is 53.5 Å². The minimum atomic E-state index is -0.159. The van der Waals surface area contributed by atoms with E-state index in [1.807, 2.05) is 30.3 Å². The number of ether oxygens (including phenoxy) is 2. The molecule has 1 atom stereocenters. The molecule has 1 aromatic heterocycles. The number of carbonyl (C=O) groups excluding carboxylic acids is 1. The Morgan fingerprint density at radius 3 is 2.70 bits per heavy atom. The first-order valence-corrected chi connectivity index (χ1v) is 11.3. The molecule has 2 aromatic carbocycles. The third-order valence-corrected chi connectivity index (χ3v) is 6.91. The van der Waals surface area contributed by atoms with Gasteiger partial charge in [0.05, 0.1) is 28.3 Å². The summed E-state index contributed by atoms with van der Waals surface area (Å²) in [6.07, 6.45) is 1.93. The molecule has 1 N–H and O–H groups in total. The van der Waals surface area contributed by atoms with E-state index in [-0.39, 0.29) is 12.0 Å². The molecule has 7 heteroatoms. The van der Waals surface area contributed by atoms with Crippen LogP contribution >= 0.6 is 11.3 Å². The van der Waals surface area contributed by atoms with E-state index in [1.54, 1.807) is 11.3 Å². The molecule has 2 aliphatic rings. The number of benzene rings is 2. The number of thiazole rings is 1. The van der Waals surface area contributed by atoms with Gasteiger partial charge >= 0.3 is 0 Å². The molecule has 0 radical (unpaired) electrons. The topological polar surface area (TPSA) is 63.7 Å². The Kier molecular flexibility index (Phi) is 5.55. The van der Waals surface area contributed by atoms with Gasteiger partial charge in [-0.05, 0) is 50.2 Å². The molecule has 3 aromatic rings. The predicted octanol–water partition coefficient (Wildman–Crippen LogP) is 3.43. The van der Waals surface area contributed by atoms with Gasteiger partial charge in [0.25, 0.3) is 0 Å². The van der Waals surface area contributed by atoms with Crippen molar-refractivity contribution in [2.24, 2.45) is 0 Å². The van der Waals surface area contributed by atoms with Gasteiger partial charge in [-0.25, -0.2) is 4.98 Å². The second-order valence-corrected chi connectivity index (χ2v) is 8.93. The first kappa shape index (κ1) is 19.3. The number of hydrogen-bond acceptors (Lipinski definition) is 6. The summed E-state index contributed by atoms with van der Waals surface area (Å²) in [5.74, 6) is 2.03. The highest BCUT2D eigenvalue weighted by atomic mass is 32.1. The van der Waals surface area contributed by atoms with E-state index in [4.69, 9.17) is 14.5 Å². The van der Waals surface area contributed by atoms with Crippen LogP contribution in [0.4, 0.5) is 0 Å². The molecule has 2 aliphatic heterocycles. The van der Waals surface area contributed by atoms with Gasteiger partial charge in [0.2, 0.25) is 5.91 Å². The second kappa shape index (κ2) is 8.62. The molecule has 156 valence electrons. The van der Waals surface area contributed by atoms with Crippen molar-refractivity contribution in [2.45, 2.75) is 24.9 Å². The smallest absolute Gasteiger partial charge is 0.234 e. The summed E-state index contributed by atoms with van der Waals surface area (Å²) >= 11 is 1.80. The lowest BCUT2D eigenvalue weighted by atomic mass is 9.97. The zero-order valence-corrected chi connectivity index (χ0v) is 17.6. The van der Waals surface area contributed by atoms with Crippen molar-refractivity contribution >= 4 is 27.5 Å². The van der Waals surface area contributed by atoms with Gasteiger partial charge in [-0.2, -0.15) is 0 Å². The number of rotatable bonds is 5. The molecule has 6 nitrogen and oxygen atoms in total. The molecular formula is C23H25N3O3S. The molecule has 5 rings (SSSR count). The van der Waals surface area contributed by atoms with Crippen molar-refractivity contribution in [3.8, 4) is 11.5 Å². The van der Waals surface area contributed by atoms with E-state index in [9.17, 15) is 4.79 Å². The quantitative estimate of drug-likeness (QED) is 0.681. The Morgan fingerprint density at radius 2 is 1.87 bits per heavy atom. The van der Waals surface area contributed by atoms with Crippen molar-refractivity contribution in [2.75, 3.05) is 32.8 Å². The number of carbonyl (C=O) groups is 1. The summed E-state index contributed by atoms with van der Waals surface area (Å²) < 4.78 is 12.9. The van der Waals surface area contributed by atoms with Crippen LogP contribution in [0.15, 0.2) is 48.5 Å². The maximum Gasteiger partial charge on any atom is 0.234 e. The Morgan fingerprint density at radius 1 is 1.10 bits per heavy atom. The van der Waals surface area contributed by atoms with Crippen molar-refractivity contribution in [1.82, 2.24) is 15.2 Å². The predicted molar refractivity (Wildman–Crippen MR) is 117 cm³/mol. The number of aromatic nitrogens is 1. The first-order chi connectivity index (χ1) is 14.7. The molecule has 0 spiro atoms. The number of amides is 1. The molecule has 0 saturated carbocycles. The minimum absolute atomic E-state index is 0.0379. The molecule has 0 bridgehead atoms. The third-order valence-electron chi connectivity index (χ3n) is 5.71. The van der Waals surface area contributed by atoms with Crippen LogP contribution in [-0.2, 0) is 4.79 Å². The highest BCUT2D eigenvalue weighted by Gasteiger charge is 2.25. The van der Waals surface area contributed by atoms with Gasteiger partial charge in [-0.3, -0.25) is 9.69 Å². The van der Waals surface area contributed by atoms with E-state index in [0.29, 0.717) is 25.6 Å². The number of nitrogens with zero attached hydrogens (tertiary/aromatic N) is 2. The standard InChI is InChI=1S/C23H25N3O3S/c27-22(24-13-17-15-28-19-6-2-3-7-20(19)29-17)14-26-11-9-16(10-12-26)23-25-18-5-1-4-8-21(18)30-23/h1-8,16-17H,9-15H2,(H,24,27)/t17-/m1/s1. The van der Waals surface area contributed by atoms with E-state index >= 15 is 0 Å². The Balaban J connectivity index is 1.07. The maximum atomic E-state index is 12.4. The van der Waals surface area contributed by atoms with Crippen LogP contribution in [-0.4, -0.2) is 54.7 Å². The van der Waals surface area contributed by atoms with E-state index in [2.05, 4.69) is 28.4 Å². The average molecular weight is 424 g/mol. The van der Waals surface area contributed by atoms with Gasteiger partial charge in [0.15, 0.2) is 11.5 Å². The van der Waals surface area contributed by atoms with Crippen LogP contribution < -0.4 is 14.8 Å². The molecule has 1 fully saturated rings. The minimum Gasteiger partial charge on any atom is -0.486 e. The zero-order valence-electron chi connectivity index (χ0n) is 16.8. The largest absolute Gasteiger partial charge is 0.486 e. The van der Waals surface area contributed by atoms with Crippen molar-refractivity contribution in [3.63, 3.8) is 0 Å². The van der Waals surface area contributed by atoms with Gasteiger partial charge < -0.3 is 14.8 Å². The van der Waals surface area contributed by atoms with Gasteiger partial charge in [-0.1, -0.05) is 24.3 Å². The van der Waals surface area contributed by atoms with Crippen LogP contribution in [0.1, 0.15) is 23.8 Å². The molecule has 0 unspecified atom stereocenters. The molecule has 0 aliphatic carbocycles. The Hall–Kier alpha value is -2.64. The summed E-state index contributed by atoms with van der Waals surface area (Å²) in [6.45, 7) is 3.17. The normalized spacial score (nSPS) is 19.7. The summed E-state index contributed by atoms with van der Waals surface area (Å²) in [5, 5.41) is 4.23. The monoisotopic (exact) mass is 423 g/mol. The SMILES string of the molecule is O=C(CN1CCC(c2nc3ccccc3s2)CC1)NC[C@@H]1COc2ccccc2O1. The zero-order chi connectivity index (χ0) is 20.3. The third kappa shape index (κ3) is 4.27. The first-order valence-electron chi connectivity index (χ1n) is 10.5. The lowest BCUT2D eigenvalue weighted by Crippen LogP contribution is -2.45. The highest BCUT2D eigenvalue weighted by molar-refractivity contribution is 7.18. The highest BCUT2D eigenvalue weighted by Crippen LogP contribution is 2.34. The van der Waals surface area contributed by atoms with E-state index < -0.39 is 0 Å². The van der Waals surface area contributed by atoms with Crippen LogP contribution in [0.25, 0.3) is 10.2 Å². The van der Waals surface area contributed by atoms with Crippen LogP contribution in [0, 0.1) is 0 Å². The number of hydrogen-bond donors (Lipinski definition) is 1. The molecular weight excluding hydrogens is 398 g/mol. The van der Waals surface area contributed by atoms with Gasteiger partial charge in [0, 0.05) is 5.92 Å². The van der Waals surface area contributed by atoms with Gasteiger partial charge in [-0.15, -0.1) is 11.3 Å². The number of likely N-dealkylation sites (tertiary alicyclic amines) is 1. The van der Waals surface area contributed by atoms with Crippen LogP contribution in [0.2, 0.25) is 0 Å². The fourth-order valence-electron chi connectivity index (χ4n) is 4.05. The molecule has 30 heavy (non-hydrogen) atoms. The molecule has 3 heterocycles. The van der Waals surface area contributed by atoms with Crippen LogP contribution in [0.5, 0.6) is 11.5 Å². The lowest BCUT2D eigenvalue weighted by molar-refractivity contribution is -0.123. The molecule has 1 amide bonds. The van der Waals surface area contributed by atoms with Crippen LogP contribution in [0.3, 0.4) is 0 Å². The van der Waals surface area contributed by atoms with Crippen molar-refractivity contribution in [1.29, 1.82) is 0 Å². The van der Waals surface area contributed by atoms with Crippen molar-refractivity contribution < 1.29 is 14.3 Å². The summed E-state index contributed by atoms with van der Waals surface area (Å²) in [4.78, 5) is 19.5. The number of fused-ring (bicyclic) bond motifs is 2. The fraction of sp³-hybridized carbons (Fsp3) is 0.391. The Labute approximate surface area is 179 Å². The number of piperidine rings is 1.